The second-order valence-corrected chi connectivity index (χ2v) is 4.78. The molecule has 0 unspecified atom stereocenters. The number of thiophene rings is 1. The molecule has 0 fully saturated rings. The summed E-state index contributed by atoms with van der Waals surface area (Å²) in [5, 5.41) is 3.97. The molecule has 0 saturated heterocycles. The number of carbonyl (C=O) groups excluding carboxylic acids is 1. The molecule has 0 saturated carbocycles. The molecule has 0 spiro atoms. The summed E-state index contributed by atoms with van der Waals surface area (Å²) in [4.78, 5) is 12.5. The van der Waals surface area contributed by atoms with Crippen LogP contribution < -0.4 is 15.8 Å². The van der Waals surface area contributed by atoms with Gasteiger partial charge in [0.15, 0.2) is 11.5 Å². The molecule has 1 rings (SSSR count). The Morgan fingerprint density at radius 1 is 1.56 bits per heavy atom. The second-order valence-electron chi connectivity index (χ2n) is 3.76. The van der Waals surface area contributed by atoms with Crippen LogP contribution in [0.25, 0.3) is 0 Å². The van der Waals surface area contributed by atoms with Crippen molar-refractivity contribution in [1.29, 1.82) is 0 Å². The zero-order valence-electron chi connectivity index (χ0n) is 10.1. The summed E-state index contributed by atoms with van der Waals surface area (Å²) in [5.41, 5.74) is 6.35. The standard InChI is InChI=1S/C11H18N2O2S/c1-5-13-11-9(15-4)7(12)10(16-11)8(14)6(2)3/h6,13H,5,12H2,1-4H3. The Kier molecular flexibility index (Phi) is 4.18. The first kappa shape index (κ1) is 12.8. The van der Waals surface area contributed by atoms with Gasteiger partial charge in [0.1, 0.15) is 5.00 Å². The van der Waals surface area contributed by atoms with Crippen molar-refractivity contribution in [3.63, 3.8) is 0 Å². The molecule has 0 radical (unpaired) electrons. The summed E-state index contributed by atoms with van der Waals surface area (Å²) in [7, 11) is 1.56. The first-order valence-corrected chi connectivity index (χ1v) is 6.08. The third-order valence-electron chi connectivity index (χ3n) is 2.19. The van der Waals surface area contributed by atoms with Gasteiger partial charge < -0.3 is 15.8 Å². The zero-order chi connectivity index (χ0) is 12.3. The van der Waals surface area contributed by atoms with Crippen molar-refractivity contribution in [2.24, 2.45) is 5.92 Å². The first-order chi connectivity index (χ1) is 7.52. The van der Waals surface area contributed by atoms with Gasteiger partial charge in [0.25, 0.3) is 0 Å². The fraction of sp³-hybridized carbons (Fsp3) is 0.545. The van der Waals surface area contributed by atoms with E-state index < -0.39 is 0 Å². The Bertz CT molecular complexity index is 386. The summed E-state index contributed by atoms with van der Waals surface area (Å²) in [6.45, 7) is 6.48. The van der Waals surface area contributed by atoms with E-state index in [1.807, 2.05) is 20.8 Å². The number of nitrogens with two attached hydrogens (primary N) is 1. The number of nitrogens with one attached hydrogen (secondary N) is 1. The number of Topliss-reactive ketones (excluding diaryl/α,β-unsaturated/α-hetero) is 1. The van der Waals surface area contributed by atoms with E-state index in [9.17, 15) is 4.79 Å². The van der Waals surface area contributed by atoms with Crippen LogP contribution in [-0.2, 0) is 0 Å². The number of nitrogen functional groups attached to an aromatic ring is 1. The highest BCUT2D eigenvalue weighted by molar-refractivity contribution is 7.19. The minimum atomic E-state index is -0.0554. The van der Waals surface area contributed by atoms with Crippen LogP contribution in [0.15, 0.2) is 0 Å². The molecule has 4 nitrogen and oxygen atoms in total. The van der Waals surface area contributed by atoms with Gasteiger partial charge in [0.05, 0.1) is 17.7 Å². The molecule has 0 aromatic carbocycles. The maximum atomic E-state index is 11.9. The Hall–Kier alpha value is -1.23. The number of anilines is 2. The average Bonchev–Trinajstić information content (AvgIpc) is 2.54. The fourth-order valence-corrected chi connectivity index (χ4v) is 2.60. The van der Waals surface area contributed by atoms with Gasteiger partial charge in [-0.2, -0.15) is 0 Å². The van der Waals surface area contributed by atoms with Crippen molar-refractivity contribution in [2.45, 2.75) is 20.8 Å². The predicted molar refractivity (Wildman–Crippen MR) is 68.6 cm³/mol. The van der Waals surface area contributed by atoms with Crippen LogP contribution in [0.5, 0.6) is 5.75 Å². The lowest BCUT2D eigenvalue weighted by molar-refractivity contribution is 0.0944. The minimum Gasteiger partial charge on any atom is -0.492 e. The molecule has 0 aliphatic rings. The van der Waals surface area contributed by atoms with Crippen molar-refractivity contribution < 1.29 is 9.53 Å². The van der Waals surface area contributed by atoms with E-state index in [1.165, 1.54) is 11.3 Å². The lowest BCUT2D eigenvalue weighted by Crippen LogP contribution is -2.07. The van der Waals surface area contributed by atoms with E-state index >= 15 is 0 Å². The van der Waals surface area contributed by atoms with Crippen LogP contribution in [0.3, 0.4) is 0 Å². The number of carbonyl (C=O) groups is 1. The van der Waals surface area contributed by atoms with Crippen molar-refractivity contribution in [3.8, 4) is 5.75 Å². The number of ketones is 1. The van der Waals surface area contributed by atoms with Crippen LogP contribution in [-0.4, -0.2) is 19.4 Å². The fourth-order valence-electron chi connectivity index (χ4n) is 1.35. The largest absolute Gasteiger partial charge is 0.492 e. The Morgan fingerprint density at radius 3 is 2.62 bits per heavy atom. The minimum absolute atomic E-state index is 0.0554. The molecule has 0 bridgehead atoms. The quantitative estimate of drug-likeness (QED) is 0.779. The Labute approximate surface area is 99.8 Å². The summed E-state index contributed by atoms with van der Waals surface area (Å²) >= 11 is 1.36. The van der Waals surface area contributed by atoms with Gasteiger partial charge in [-0.05, 0) is 6.92 Å². The third-order valence-corrected chi connectivity index (χ3v) is 3.35. The second kappa shape index (κ2) is 5.21. The third kappa shape index (κ3) is 2.29. The van der Waals surface area contributed by atoms with E-state index in [-0.39, 0.29) is 11.7 Å². The van der Waals surface area contributed by atoms with Crippen LogP contribution >= 0.6 is 11.3 Å². The van der Waals surface area contributed by atoms with Gasteiger partial charge >= 0.3 is 0 Å². The molecular weight excluding hydrogens is 224 g/mol. The monoisotopic (exact) mass is 242 g/mol. The van der Waals surface area contributed by atoms with E-state index in [1.54, 1.807) is 7.11 Å². The Morgan fingerprint density at radius 2 is 2.19 bits per heavy atom. The smallest absolute Gasteiger partial charge is 0.177 e. The van der Waals surface area contributed by atoms with Gasteiger partial charge in [-0.25, -0.2) is 0 Å². The molecule has 0 aliphatic carbocycles. The normalized spacial score (nSPS) is 10.6. The van der Waals surface area contributed by atoms with Gasteiger partial charge in [0, 0.05) is 12.5 Å². The molecule has 3 N–H and O–H groups in total. The van der Waals surface area contributed by atoms with E-state index in [0.29, 0.717) is 16.3 Å². The molecule has 5 heteroatoms. The molecule has 90 valence electrons. The molecule has 0 amide bonds. The maximum Gasteiger partial charge on any atom is 0.177 e. The van der Waals surface area contributed by atoms with Crippen molar-refractivity contribution in [1.82, 2.24) is 0 Å². The molecule has 1 aromatic heterocycles. The number of methoxy groups -OCH3 is 1. The van der Waals surface area contributed by atoms with Crippen LogP contribution in [0, 0.1) is 5.92 Å². The van der Waals surface area contributed by atoms with Crippen LogP contribution in [0.2, 0.25) is 0 Å². The summed E-state index contributed by atoms with van der Waals surface area (Å²) in [6, 6.07) is 0. The molecule has 0 atom stereocenters. The number of hydrogen-bond donors (Lipinski definition) is 2. The highest BCUT2D eigenvalue weighted by Crippen LogP contribution is 2.43. The lowest BCUT2D eigenvalue weighted by atomic mass is 10.1. The number of ether oxygens (including phenoxy) is 1. The summed E-state index contributed by atoms with van der Waals surface area (Å²) in [6.07, 6.45) is 0. The van der Waals surface area contributed by atoms with Crippen molar-refractivity contribution >= 4 is 27.8 Å². The molecule has 0 aliphatic heterocycles. The van der Waals surface area contributed by atoms with Crippen LogP contribution in [0.1, 0.15) is 30.4 Å². The number of hydrogen-bond acceptors (Lipinski definition) is 5. The van der Waals surface area contributed by atoms with Gasteiger partial charge in [0.2, 0.25) is 0 Å². The lowest BCUT2D eigenvalue weighted by Gasteiger charge is -2.04. The average molecular weight is 242 g/mol. The van der Waals surface area contributed by atoms with E-state index in [2.05, 4.69) is 5.32 Å². The van der Waals surface area contributed by atoms with Gasteiger partial charge in [-0.15, -0.1) is 11.3 Å². The summed E-state index contributed by atoms with van der Waals surface area (Å²) < 4.78 is 5.21. The van der Waals surface area contributed by atoms with Crippen molar-refractivity contribution in [2.75, 3.05) is 24.7 Å². The number of rotatable bonds is 5. The van der Waals surface area contributed by atoms with Gasteiger partial charge in [-0.3, -0.25) is 4.79 Å². The molecule has 1 aromatic rings. The van der Waals surface area contributed by atoms with E-state index in [4.69, 9.17) is 10.5 Å². The van der Waals surface area contributed by atoms with Gasteiger partial charge in [-0.1, -0.05) is 13.8 Å². The molecule has 16 heavy (non-hydrogen) atoms. The maximum absolute atomic E-state index is 11.9. The zero-order valence-corrected chi connectivity index (χ0v) is 10.9. The summed E-state index contributed by atoms with van der Waals surface area (Å²) in [5.74, 6) is 0.584. The molecule has 1 heterocycles. The SMILES string of the molecule is CCNc1sc(C(=O)C(C)C)c(N)c1OC. The van der Waals surface area contributed by atoms with E-state index in [0.717, 1.165) is 11.5 Å². The van der Waals surface area contributed by atoms with Crippen LogP contribution in [0.4, 0.5) is 10.7 Å². The molecular formula is C11H18N2O2S. The van der Waals surface area contributed by atoms with Crippen molar-refractivity contribution in [3.05, 3.63) is 4.88 Å². The Balaban J connectivity index is 3.16. The topological polar surface area (TPSA) is 64.4 Å². The highest BCUT2D eigenvalue weighted by Gasteiger charge is 2.22. The predicted octanol–water partition coefficient (Wildman–Crippen LogP) is 2.61. The first-order valence-electron chi connectivity index (χ1n) is 5.27. The highest BCUT2D eigenvalue weighted by atomic mass is 32.1.